The molecule has 0 spiro atoms. The van der Waals surface area contributed by atoms with Crippen LogP contribution >= 0.6 is 0 Å². The molecule has 2 heteroatoms. The molecule has 3 aromatic carbocycles. The molecule has 140 valence electrons. The van der Waals surface area contributed by atoms with Gasteiger partial charge in [-0.1, -0.05) is 0 Å². The molecule has 0 N–H and O–H groups in total. The van der Waals surface area contributed by atoms with E-state index >= 15 is 0 Å². The Morgan fingerprint density at radius 3 is 1.79 bits per heavy atom. The number of aryl methyl sites for hydroxylation is 3. The average molecular weight is 535 g/mol. The molecule has 0 aliphatic rings. The van der Waals surface area contributed by atoms with Gasteiger partial charge >= 0.3 is 180 Å². The van der Waals surface area contributed by atoms with E-state index in [4.69, 9.17) is 0 Å². The van der Waals surface area contributed by atoms with Gasteiger partial charge in [-0.25, -0.2) is 0 Å². The van der Waals surface area contributed by atoms with Crippen molar-refractivity contribution in [2.24, 2.45) is 0 Å². The number of nitrogens with zero attached hydrogens (tertiary/aromatic N) is 1. The zero-order chi connectivity index (χ0) is 19.9. The van der Waals surface area contributed by atoms with Gasteiger partial charge in [-0.05, 0) is 0 Å². The van der Waals surface area contributed by atoms with E-state index in [0.29, 0.717) is 0 Å². The monoisotopic (exact) mass is 535 g/mol. The summed E-state index contributed by atoms with van der Waals surface area (Å²) in [7, 11) is 0. The zero-order valence-corrected chi connectivity index (χ0v) is 19.5. The topological polar surface area (TPSA) is 3.24 Å². The van der Waals surface area contributed by atoms with E-state index in [1.165, 1.54) is 58.6 Å². The molecular weight excluding hydrogens is 510 g/mol. The number of anilines is 2. The van der Waals surface area contributed by atoms with Gasteiger partial charge in [-0.15, -0.1) is 0 Å². The molecule has 0 bridgehead atoms. The Balaban J connectivity index is 2.21. The molecule has 0 radical (unpaired) electrons. The Hall–Kier alpha value is -2.50. The van der Waals surface area contributed by atoms with Crippen LogP contribution in [0.4, 0.5) is 11.4 Å². The van der Waals surface area contributed by atoms with Crippen molar-refractivity contribution in [1.82, 2.24) is 0 Å². The number of hydrogen-bond donors (Lipinski definition) is 0. The minimum atomic E-state index is 1.18. The third kappa shape index (κ3) is 4.85. The van der Waals surface area contributed by atoms with Crippen molar-refractivity contribution in [2.75, 3.05) is 4.90 Å². The normalized spacial score (nSPS) is 11.6. The standard InChI is InChI=1S/C26H25N.W/c1-5-10-24(23-17-15-20(2)16-18-23)19-27(25-13-8-6-11-21(25)3)26-14-9-7-12-22(26)4;/h1,5-19H,2-4H3;. The maximum atomic E-state index is 2.31. The summed E-state index contributed by atoms with van der Waals surface area (Å²) in [6.45, 7) is 6.46. The van der Waals surface area contributed by atoms with E-state index in [-0.39, 0.29) is 0 Å². The molecule has 1 nitrogen and oxygen atoms in total. The fraction of sp³-hybridized carbons (Fsp3) is 0.115. The molecule has 0 saturated heterocycles. The molecular formula is C26H25NW. The number of allylic oxidation sites excluding steroid dienone is 3. The van der Waals surface area contributed by atoms with Gasteiger partial charge < -0.3 is 0 Å². The van der Waals surface area contributed by atoms with Crippen LogP contribution in [0.5, 0.6) is 0 Å². The number of rotatable bonds is 6. The first-order valence-corrected chi connectivity index (χ1v) is 11.1. The summed E-state index contributed by atoms with van der Waals surface area (Å²) in [5.74, 6) is 0. The van der Waals surface area contributed by atoms with Gasteiger partial charge in [0, 0.05) is 0 Å². The minimum absolute atomic E-state index is 1.18. The van der Waals surface area contributed by atoms with Crippen LogP contribution in [0.2, 0.25) is 0 Å². The zero-order valence-electron chi connectivity index (χ0n) is 16.6. The van der Waals surface area contributed by atoms with Crippen LogP contribution in [-0.2, 0) is 19.4 Å². The Bertz CT molecular complexity index is 967. The summed E-state index contributed by atoms with van der Waals surface area (Å²) in [5.41, 5.74) is 8.56. The predicted molar refractivity (Wildman–Crippen MR) is 119 cm³/mol. The van der Waals surface area contributed by atoms with E-state index in [1.807, 2.05) is 0 Å². The Labute approximate surface area is 179 Å². The molecule has 0 fully saturated rings. The van der Waals surface area contributed by atoms with Gasteiger partial charge in [-0.3, -0.25) is 0 Å². The molecule has 0 atom stereocenters. The van der Waals surface area contributed by atoms with Gasteiger partial charge in [0.2, 0.25) is 0 Å². The van der Waals surface area contributed by atoms with E-state index in [1.54, 1.807) is 0 Å². The van der Waals surface area contributed by atoms with Crippen molar-refractivity contribution in [2.45, 2.75) is 20.8 Å². The van der Waals surface area contributed by atoms with Crippen molar-refractivity contribution < 1.29 is 19.4 Å². The van der Waals surface area contributed by atoms with Gasteiger partial charge in [-0.2, -0.15) is 0 Å². The number of para-hydroxylation sites is 2. The van der Waals surface area contributed by atoms with Crippen LogP contribution in [0.3, 0.4) is 0 Å². The molecule has 0 aliphatic carbocycles. The Morgan fingerprint density at radius 2 is 1.29 bits per heavy atom. The Kier molecular flexibility index (Phi) is 6.95. The summed E-state index contributed by atoms with van der Waals surface area (Å²) >= 11 is 1.45. The second-order valence-corrected chi connectivity index (χ2v) is 7.87. The molecule has 0 heterocycles. The second kappa shape index (κ2) is 9.62. The summed E-state index contributed by atoms with van der Waals surface area (Å²) in [4.78, 5) is 2.31. The van der Waals surface area contributed by atoms with Crippen LogP contribution < -0.4 is 4.90 Å². The van der Waals surface area contributed by atoms with Crippen LogP contribution in [-0.4, -0.2) is 4.40 Å². The summed E-state index contributed by atoms with van der Waals surface area (Å²) < 4.78 is 2.15. The fourth-order valence-electron chi connectivity index (χ4n) is 3.18. The van der Waals surface area contributed by atoms with Crippen molar-refractivity contribution in [3.63, 3.8) is 0 Å². The molecule has 0 aliphatic heterocycles. The van der Waals surface area contributed by atoms with Gasteiger partial charge in [0.25, 0.3) is 0 Å². The van der Waals surface area contributed by atoms with E-state index < -0.39 is 0 Å². The molecule has 3 aromatic rings. The SMILES string of the molecule is Cc1ccc(C(C=C[CH]=[W])=CN(c2ccccc2C)c2ccccc2C)cc1. The maximum absolute atomic E-state index is 2.31. The third-order valence-corrected chi connectivity index (χ3v) is 5.32. The van der Waals surface area contributed by atoms with E-state index in [0.717, 1.165) is 0 Å². The molecule has 0 aromatic heterocycles. The van der Waals surface area contributed by atoms with E-state index in [2.05, 4.69) is 121 Å². The van der Waals surface area contributed by atoms with Gasteiger partial charge in [0.1, 0.15) is 0 Å². The number of benzene rings is 3. The molecule has 0 saturated carbocycles. The average Bonchev–Trinajstić information content (AvgIpc) is 2.71. The molecule has 3 rings (SSSR count). The molecule has 0 amide bonds. The molecule has 28 heavy (non-hydrogen) atoms. The molecule has 0 unspecified atom stereocenters. The van der Waals surface area contributed by atoms with E-state index in [9.17, 15) is 0 Å². The fourth-order valence-corrected chi connectivity index (χ4v) is 3.46. The Morgan fingerprint density at radius 1 is 0.750 bits per heavy atom. The first-order valence-electron chi connectivity index (χ1n) is 9.41. The van der Waals surface area contributed by atoms with Crippen LogP contribution in [0.1, 0.15) is 22.3 Å². The summed E-state index contributed by atoms with van der Waals surface area (Å²) in [5, 5.41) is 0. The number of hydrogen-bond acceptors (Lipinski definition) is 1. The predicted octanol–water partition coefficient (Wildman–Crippen LogP) is 6.70. The second-order valence-electron chi connectivity index (χ2n) is 6.89. The van der Waals surface area contributed by atoms with Crippen LogP contribution in [0.15, 0.2) is 91.1 Å². The third-order valence-electron chi connectivity index (χ3n) is 4.76. The van der Waals surface area contributed by atoms with Crippen molar-refractivity contribution in [3.05, 3.63) is 113 Å². The van der Waals surface area contributed by atoms with Gasteiger partial charge in [0.15, 0.2) is 0 Å². The van der Waals surface area contributed by atoms with Crippen LogP contribution in [0.25, 0.3) is 5.57 Å². The van der Waals surface area contributed by atoms with Crippen molar-refractivity contribution >= 4 is 21.3 Å². The summed E-state index contributed by atoms with van der Waals surface area (Å²) in [6.07, 6.45) is 6.58. The summed E-state index contributed by atoms with van der Waals surface area (Å²) in [6, 6.07) is 25.8. The van der Waals surface area contributed by atoms with Crippen LogP contribution in [0, 0.1) is 20.8 Å². The van der Waals surface area contributed by atoms with Gasteiger partial charge in [0.05, 0.1) is 0 Å². The van der Waals surface area contributed by atoms with Crippen molar-refractivity contribution in [1.29, 1.82) is 0 Å². The first-order chi connectivity index (χ1) is 13.6. The quantitative estimate of drug-likeness (QED) is 0.318. The first kappa shape index (κ1) is 20.2. The van der Waals surface area contributed by atoms with Crippen molar-refractivity contribution in [3.8, 4) is 0 Å².